The molecule has 148 valence electrons. The summed E-state index contributed by atoms with van der Waals surface area (Å²) >= 11 is 0. The number of carbonyl (C=O) groups excluding carboxylic acids is 1. The van der Waals surface area contributed by atoms with E-state index in [1.54, 1.807) is 6.07 Å². The van der Waals surface area contributed by atoms with Gasteiger partial charge >= 0.3 is 0 Å². The zero-order valence-corrected chi connectivity index (χ0v) is 15.4. The number of aromatic nitrogens is 1. The van der Waals surface area contributed by atoms with Gasteiger partial charge in [0, 0.05) is 23.9 Å². The summed E-state index contributed by atoms with van der Waals surface area (Å²) in [4.78, 5) is 25.6. The Bertz CT molecular complexity index is 1130. The van der Waals surface area contributed by atoms with Crippen molar-refractivity contribution in [2.45, 2.75) is 24.5 Å². The number of nitrogens with two attached hydrogens (primary N) is 1. The van der Waals surface area contributed by atoms with Crippen LogP contribution in [0.25, 0.3) is 0 Å². The van der Waals surface area contributed by atoms with E-state index < -0.39 is 41.2 Å². The number of pyridine rings is 1. The molecule has 29 heavy (non-hydrogen) atoms. The van der Waals surface area contributed by atoms with E-state index in [0.29, 0.717) is 12.5 Å². The minimum atomic E-state index is -1.29. The van der Waals surface area contributed by atoms with Gasteiger partial charge in [-0.05, 0) is 29.7 Å². The molecule has 1 heterocycles. The summed E-state index contributed by atoms with van der Waals surface area (Å²) in [5.41, 5.74) is 7.69. The quantitative estimate of drug-likeness (QED) is 0.713. The number of carbonyl (C=O) groups is 1. The number of nitrogens with one attached hydrogen (secondary N) is 1. The Kier molecular flexibility index (Phi) is 4.98. The lowest BCUT2D eigenvalue weighted by Gasteiger charge is -2.24. The van der Waals surface area contributed by atoms with Crippen molar-refractivity contribution in [3.05, 3.63) is 106 Å². The molecule has 2 aromatic carbocycles. The molecule has 0 saturated heterocycles. The largest absolute Gasteiger partial charge is 0.349 e. The van der Waals surface area contributed by atoms with Gasteiger partial charge in [-0.25, -0.2) is 8.78 Å². The van der Waals surface area contributed by atoms with E-state index in [2.05, 4.69) is 5.32 Å². The summed E-state index contributed by atoms with van der Waals surface area (Å²) in [5, 5.41) is 2.86. The number of hydrogen-bond donors (Lipinski definition) is 2. The zero-order valence-electron chi connectivity index (χ0n) is 15.4. The first-order valence-corrected chi connectivity index (χ1v) is 9.21. The normalized spacial score (nSPS) is 18.9. The number of amides is 1. The molecule has 0 aliphatic heterocycles. The average Bonchev–Trinajstić information content (AvgIpc) is 3.01. The summed E-state index contributed by atoms with van der Waals surface area (Å²) in [6.45, 7) is 0. The van der Waals surface area contributed by atoms with Gasteiger partial charge in [0.15, 0.2) is 0 Å². The molecule has 0 fully saturated rings. The van der Waals surface area contributed by atoms with Crippen molar-refractivity contribution < 1.29 is 13.6 Å². The second kappa shape index (κ2) is 7.60. The summed E-state index contributed by atoms with van der Waals surface area (Å²) in [6.07, 6.45) is 1.93. The number of rotatable bonds is 4. The van der Waals surface area contributed by atoms with Crippen LogP contribution in [0.4, 0.5) is 8.78 Å². The van der Waals surface area contributed by atoms with Crippen molar-refractivity contribution in [3.8, 4) is 0 Å². The first-order chi connectivity index (χ1) is 14.0. The molecule has 0 saturated carbocycles. The molecule has 0 spiro atoms. The van der Waals surface area contributed by atoms with Crippen LogP contribution in [-0.4, -0.2) is 16.5 Å². The van der Waals surface area contributed by atoms with Crippen LogP contribution < -0.4 is 16.6 Å². The standard InChI is InChI=1S/C22H19F2N3O2/c23-14-8-9-16(17(24)12-14)21(27-10-4-3-7-19(27)28)22(29)26-18-11-13-5-1-2-6-15(13)20(18)25/h1-10,12,18,20-21H,11,25H2,(H,26,29)/t18-,20-,21?/m0/s1. The summed E-state index contributed by atoms with van der Waals surface area (Å²) in [7, 11) is 0. The van der Waals surface area contributed by atoms with E-state index in [-0.39, 0.29) is 5.56 Å². The summed E-state index contributed by atoms with van der Waals surface area (Å²) in [5.74, 6) is -2.25. The Morgan fingerprint density at radius 3 is 2.59 bits per heavy atom. The van der Waals surface area contributed by atoms with Crippen molar-refractivity contribution in [1.82, 2.24) is 9.88 Å². The van der Waals surface area contributed by atoms with Gasteiger partial charge in [0.1, 0.15) is 17.7 Å². The highest BCUT2D eigenvalue weighted by Crippen LogP contribution is 2.30. The molecular weight excluding hydrogens is 376 g/mol. The lowest BCUT2D eigenvalue weighted by atomic mass is 10.0. The van der Waals surface area contributed by atoms with Crippen LogP contribution in [-0.2, 0) is 11.2 Å². The van der Waals surface area contributed by atoms with Crippen molar-refractivity contribution in [3.63, 3.8) is 0 Å². The minimum Gasteiger partial charge on any atom is -0.349 e. The maximum atomic E-state index is 14.5. The monoisotopic (exact) mass is 395 g/mol. The smallest absolute Gasteiger partial charge is 0.251 e. The molecule has 4 rings (SSSR count). The van der Waals surface area contributed by atoms with Crippen molar-refractivity contribution in [1.29, 1.82) is 0 Å². The Labute approximate surface area is 165 Å². The van der Waals surface area contributed by atoms with Crippen LogP contribution in [0.2, 0.25) is 0 Å². The zero-order chi connectivity index (χ0) is 20.5. The van der Waals surface area contributed by atoms with E-state index >= 15 is 0 Å². The predicted octanol–water partition coefficient (Wildman–Crippen LogP) is 2.46. The van der Waals surface area contributed by atoms with Crippen LogP contribution >= 0.6 is 0 Å². The van der Waals surface area contributed by atoms with Gasteiger partial charge in [-0.2, -0.15) is 0 Å². The fourth-order valence-electron chi connectivity index (χ4n) is 3.82. The van der Waals surface area contributed by atoms with Gasteiger partial charge in [0.05, 0.1) is 12.1 Å². The van der Waals surface area contributed by atoms with E-state index in [9.17, 15) is 18.4 Å². The molecular formula is C22H19F2N3O2. The third kappa shape index (κ3) is 3.56. The molecule has 1 aromatic heterocycles. The van der Waals surface area contributed by atoms with Crippen LogP contribution in [0.5, 0.6) is 0 Å². The molecule has 5 nitrogen and oxygen atoms in total. The van der Waals surface area contributed by atoms with Crippen LogP contribution in [0.15, 0.2) is 71.7 Å². The minimum absolute atomic E-state index is 0.0960. The molecule has 1 amide bonds. The first-order valence-electron chi connectivity index (χ1n) is 9.21. The van der Waals surface area contributed by atoms with E-state index in [1.165, 1.54) is 24.4 Å². The molecule has 0 bridgehead atoms. The van der Waals surface area contributed by atoms with E-state index in [4.69, 9.17) is 5.73 Å². The van der Waals surface area contributed by atoms with Crippen LogP contribution in [0.1, 0.15) is 28.8 Å². The SMILES string of the molecule is N[C@H]1c2ccccc2C[C@@H]1NC(=O)C(c1ccc(F)cc1F)n1ccccc1=O. The van der Waals surface area contributed by atoms with Gasteiger partial charge in [-0.3, -0.25) is 14.2 Å². The molecule has 3 atom stereocenters. The lowest BCUT2D eigenvalue weighted by Crippen LogP contribution is -2.45. The number of benzene rings is 2. The third-order valence-corrected chi connectivity index (χ3v) is 5.25. The fourth-order valence-corrected chi connectivity index (χ4v) is 3.82. The Hall–Kier alpha value is -3.32. The number of fused-ring (bicyclic) bond motifs is 1. The maximum Gasteiger partial charge on any atom is 0.251 e. The van der Waals surface area contributed by atoms with Crippen molar-refractivity contribution in [2.75, 3.05) is 0 Å². The molecule has 1 aliphatic rings. The highest BCUT2D eigenvalue weighted by Gasteiger charge is 2.34. The molecule has 0 radical (unpaired) electrons. The number of nitrogens with zero attached hydrogens (tertiary/aromatic N) is 1. The molecule has 1 aliphatic carbocycles. The fraction of sp³-hybridized carbons (Fsp3) is 0.182. The Balaban J connectivity index is 1.69. The van der Waals surface area contributed by atoms with Gasteiger partial charge < -0.3 is 11.1 Å². The Morgan fingerprint density at radius 2 is 1.86 bits per heavy atom. The van der Waals surface area contributed by atoms with Crippen molar-refractivity contribution >= 4 is 5.91 Å². The van der Waals surface area contributed by atoms with Crippen molar-refractivity contribution in [2.24, 2.45) is 5.73 Å². The molecule has 3 N–H and O–H groups in total. The first kappa shape index (κ1) is 19.0. The summed E-state index contributed by atoms with van der Waals surface area (Å²) < 4.78 is 29.0. The number of hydrogen-bond acceptors (Lipinski definition) is 3. The van der Waals surface area contributed by atoms with Gasteiger partial charge in [-0.1, -0.05) is 36.4 Å². The van der Waals surface area contributed by atoms with Gasteiger partial charge in [0.2, 0.25) is 5.91 Å². The molecule has 1 unspecified atom stereocenters. The Morgan fingerprint density at radius 1 is 1.10 bits per heavy atom. The van der Waals surface area contributed by atoms with E-state index in [0.717, 1.165) is 21.8 Å². The summed E-state index contributed by atoms with van der Waals surface area (Å²) in [6, 6.07) is 12.8. The third-order valence-electron chi connectivity index (χ3n) is 5.25. The second-order valence-electron chi connectivity index (χ2n) is 7.06. The highest BCUT2D eigenvalue weighted by molar-refractivity contribution is 5.84. The number of halogens is 2. The van der Waals surface area contributed by atoms with Crippen LogP contribution in [0.3, 0.4) is 0 Å². The molecule has 7 heteroatoms. The van der Waals surface area contributed by atoms with Gasteiger partial charge in [-0.15, -0.1) is 0 Å². The average molecular weight is 395 g/mol. The highest BCUT2D eigenvalue weighted by atomic mass is 19.1. The topological polar surface area (TPSA) is 77.1 Å². The molecule has 3 aromatic rings. The predicted molar refractivity (Wildman–Crippen MR) is 104 cm³/mol. The maximum absolute atomic E-state index is 14.5. The second-order valence-corrected chi connectivity index (χ2v) is 7.06. The van der Waals surface area contributed by atoms with Crippen LogP contribution in [0, 0.1) is 11.6 Å². The lowest BCUT2D eigenvalue weighted by molar-refractivity contribution is -0.124. The van der Waals surface area contributed by atoms with E-state index in [1.807, 2.05) is 24.3 Å². The van der Waals surface area contributed by atoms with Gasteiger partial charge in [0.25, 0.3) is 5.56 Å².